The minimum Gasteiger partial charge on any atom is -0.303 e. The molecule has 1 aliphatic heterocycles. The van der Waals surface area contributed by atoms with Crippen LogP contribution in [0.25, 0.3) is 0 Å². The average molecular weight is 363 g/mol. The topological polar surface area (TPSA) is 51.5 Å². The molecule has 0 aromatic carbocycles. The zero-order valence-electron chi connectivity index (χ0n) is 14.5. The summed E-state index contributed by atoms with van der Waals surface area (Å²) in [6.45, 7) is 6.77. The normalized spacial score (nSPS) is 23.5. The molecule has 2 aliphatic rings. The van der Waals surface area contributed by atoms with Crippen LogP contribution in [-0.2, 0) is 0 Å². The largest absolute Gasteiger partial charge is 0.303 e. The molecular weight excluding hydrogens is 340 g/mol. The molecule has 4 nitrogen and oxygen atoms in total. The Morgan fingerprint density at radius 1 is 1.46 bits per heavy atom. The maximum absolute atomic E-state index is 8.27. The van der Waals surface area contributed by atoms with E-state index in [1.165, 1.54) is 16.0 Å². The molecule has 2 atom stereocenters. The molecule has 0 saturated heterocycles. The van der Waals surface area contributed by atoms with Gasteiger partial charge < -0.3 is 4.90 Å². The lowest BCUT2D eigenvalue weighted by molar-refractivity contribution is 0.591. The second kappa shape index (κ2) is 6.82. The van der Waals surface area contributed by atoms with Gasteiger partial charge in [-0.3, -0.25) is 15.7 Å². The molecule has 1 aromatic rings. The number of hydrogen-bond acceptors (Lipinski definition) is 4. The van der Waals surface area contributed by atoms with Crippen LogP contribution in [0.5, 0.6) is 0 Å². The van der Waals surface area contributed by atoms with Gasteiger partial charge in [0.15, 0.2) is 0 Å². The lowest BCUT2D eigenvalue weighted by Crippen LogP contribution is -2.48. The molecule has 3 rings (SSSR count). The monoisotopic (exact) mass is 362 g/mol. The van der Waals surface area contributed by atoms with Gasteiger partial charge in [0.1, 0.15) is 11.2 Å². The van der Waals surface area contributed by atoms with Crippen molar-refractivity contribution in [1.29, 1.82) is 5.41 Å². The van der Waals surface area contributed by atoms with Gasteiger partial charge in [-0.05, 0) is 45.9 Å². The van der Waals surface area contributed by atoms with E-state index in [0.29, 0.717) is 12.4 Å². The van der Waals surface area contributed by atoms with E-state index in [-0.39, 0.29) is 12.1 Å². The highest BCUT2D eigenvalue weighted by Gasteiger charge is 2.32. The number of allylic oxidation sites excluding steroid dienone is 4. The van der Waals surface area contributed by atoms with Gasteiger partial charge in [0, 0.05) is 21.4 Å². The highest BCUT2D eigenvalue weighted by molar-refractivity contribution is 7.17. The van der Waals surface area contributed by atoms with Crippen molar-refractivity contribution in [2.75, 3.05) is 18.5 Å². The molecular formula is C18H23ClN4S. The first kappa shape index (κ1) is 17.4. The fourth-order valence-corrected chi connectivity index (χ4v) is 4.70. The Morgan fingerprint density at radius 3 is 2.79 bits per heavy atom. The maximum atomic E-state index is 8.27. The lowest BCUT2D eigenvalue weighted by atomic mass is 9.89. The molecule has 0 bridgehead atoms. The summed E-state index contributed by atoms with van der Waals surface area (Å²) in [6.07, 6.45) is 7.05. The summed E-state index contributed by atoms with van der Waals surface area (Å²) in [7, 11) is 1.93. The van der Waals surface area contributed by atoms with Crippen molar-refractivity contribution in [1.82, 2.24) is 5.32 Å². The Kier molecular flexibility index (Phi) is 4.95. The van der Waals surface area contributed by atoms with Crippen LogP contribution < -0.4 is 10.2 Å². The van der Waals surface area contributed by atoms with Crippen molar-refractivity contribution in [3.63, 3.8) is 0 Å². The number of nitrogens with zero attached hydrogens (tertiary/aromatic N) is 2. The van der Waals surface area contributed by atoms with Gasteiger partial charge in [0.2, 0.25) is 0 Å². The predicted octanol–water partition coefficient (Wildman–Crippen LogP) is 4.22. The first-order valence-corrected chi connectivity index (χ1v) is 9.33. The van der Waals surface area contributed by atoms with E-state index in [9.17, 15) is 0 Å². The Bertz CT molecular complexity index is 759. The minimum absolute atomic E-state index is 0.00269. The van der Waals surface area contributed by atoms with Crippen molar-refractivity contribution in [2.24, 2.45) is 10.9 Å². The van der Waals surface area contributed by atoms with Gasteiger partial charge in [-0.25, -0.2) is 0 Å². The highest BCUT2D eigenvalue weighted by Crippen LogP contribution is 2.40. The smallest absolute Gasteiger partial charge is 0.107 e. The van der Waals surface area contributed by atoms with Crippen LogP contribution in [0.15, 0.2) is 28.3 Å². The van der Waals surface area contributed by atoms with Crippen LogP contribution in [0.1, 0.15) is 29.3 Å². The lowest BCUT2D eigenvalue weighted by Gasteiger charge is -2.29. The highest BCUT2D eigenvalue weighted by atomic mass is 35.5. The summed E-state index contributed by atoms with van der Waals surface area (Å²) in [5.74, 6) is 0.776. The van der Waals surface area contributed by atoms with Gasteiger partial charge in [0.25, 0.3) is 0 Å². The minimum atomic E-state index is 0.00269. The van der Waals surface area contributed by atoms with E-state index in [0.717, 1.165) is 22.2 Å². The third-order valence-corrected chi connectivity index (χ3v) is 6.18. The summed E-state index contributed by atoms with van der Waals surface area (Å²) < 4.78 is 0. The maximum Gasteiger partial charge on any atom is 0.107 e. The zero-order chi connectivity index (χ0) is 17.4. The molecule has 24 heavy (non-hydrogen) atoms. The molecule has 0 radical (unpaired) electrons. The summed E-state index contributed by atoms with van der Waals surface area (Å²) in [5, 5.41) is 13.5. The third-order valence-electron chi connectivity index (χ3n) is 4.69. The summed E-state index contributed by atoms with van der Waals surface area (Å²) in [5.41, 5.74) is 3.58. The fraction of sp³-hybridized carbons (Fsp3) is 0.444. The van der Waals surface area contributed by atoms with E-state index in [2.05, 4.69) is 36.2 Å². The molecule has 128 valence electrons. The van der Waals surface area contributed by atoms with Crippen molar-refractivity contribution in [3.05, 3.63) is 39.3 Å². The van der Waals surface area contributed by atoms with Gasteiger partial charge in [-0.15, -0.1) is 11.3 Å². The first-order valence-electron chi connectivity index (χ1n) is 8.14. The van der Waals surface area contributed by atoms with Gasteiger partial charge in [-0.1, -0.05) is 23.8 Å². The molecule has 6 heteroatoms. The summed E-state index contributed by atoms with van der Waals surface area (Å²) >= 11 is 7.84. The zero-order valence-corrected chi connectivity index (χ0v) is 16.1. The Hall–Kier alpha value is -1.43. The molecule has 2 N–H and O–H groups in total. The molecule has 1 aliphatic carbocycles. The first-order chi connectivity index (χ1) is 11.4. The van der Waals surface area contributed by atoms with Crippen LogP contribution >= 0.6 is 22.9 Å². The van der Waals surface area contributed by atoms with Gasteiger partial charge in [0.05, 0.1) is 18.1 Å². The number of fused-ring (bicyclic) bond motifs is 1. The molecule has 0 spiro atoms. The van der Waals surface area contributed by atoms with Gasteiger partial charge >= 0.3 is 0 Å². The quantitative estimate of drug-likeness (QED) is 0.611. The molecule has 0 fully saturated rings. The number of nitrogens with one attached hydrogen (secondary N) is 2. The number of hydrogen-bond donors (Lipinski definition) is 2. The third kappa shape index (κ3) is 2.96. The van der Waals surface area contributed by atoms with Crippen LogP contribution in [-0.4, -0.2) is 31.3 Å². The van der Waals surface area contributed by atoms with Crippen molar-refractivity contribution >= 4 is 39.5 Å². The molecule has 0 amide bonds. The molecule has 1 aromatic heterocycles. The number of amidine groups is 1. The summed E-state index contributed by atoms with van der Waals surface area (Å²) in [6, 6.07) is 0. The molecule has 2 unspecified atom stereocenters. The number of anilines is 1. The second-order valence-corrected chi connectivity index (χ2v) is 7.88. The van der Waals surface area contributed by atoms with Crippen LogP contribution in [0.2, 0.25) is 0 Å². The van der Waals surface area contributed by atoms with Crippen LogP contribution in [0, 0.1) is 25.2 Å². The standard InChI is InChI=1S/C18H23ClN4S/c1-10-11(2)24-18-16(10)17(13-5-7-14(19)8-6-13)22-9-15(21-4)23(18)12(3)20/h5,7-8,13,15,20-21H,6,9H2,1-4H3. The number of aliphatic imine (C=N–C) groups is 1. The number of likely N-dealkylation sites (N-methyl/N-ethyl adjacent to an activating group) is 1. The Labute approximate surface area is 152 Å². The van der Waals surface area contributed by atoms with E-state index < -0.39 is 0 Å². The fourth-order valence-electron chi connectivity index (χ4n) is 3.27. The number of thiophene rings is 1. The van der Waals surface area contributed by atoms with Gasteiger partial charge in [-0.2, -0.15) is 0 Å². The van der Waals surface area contributed by atoms with Crippen molar-refractivity contribution in [3.8, 4) is 0 Å². The molecule has 2 heterocycles. The predicted molar refractivity (Wildman–Crippen MR) is 105 cm³/mol. The number of halogens is 1. The van der Waals surface area contributed by atoms with E-state index in [1.54, 1.807) is 11.3 Å². The number of aryl methyl sites for hydroxylation is 1. The Balaban J connectivity index is 2.14. The van der Waals surface area contributed by atoms with Crippen molar-refractivity contribution < 1.29 is 0 Å². The van der Waals surface area contributed by atoms with Crippen LogP contribution in [0.4, 0.5) is 5.00 Å². The average Bonchev–Trinajstić information content (AvgIpc) is 2.74. The Morgan fingerprint density at radius 2 is 2.21 bits per heavy atom. The SMILES string of the molecule is CNC1CN=C(C2C=CC(Cl)=CC2)c2c(sc(C)c2C)N1C(C)=N. The molecule has 0 saturated carbocycles. The van der Waals surface area contributed by atoms with Crippen molar-refractivity contribution in [2.45, 2.75) is 33.4 Å². The summed E-state index contributed by atoms with van der Waals surface area (Å²) in [4.78, 5) is 8.33. The second-order valence-electron chi connectivity index (χ2n) is 6.24. The van der Waals surface area contributed by atoms with E-state index in [1.807, 2.05) is 20.0 Å². The van der Waals surface area contributed by atoms with E-state index >= 15 is 0 Å². The van der Waals surface area contributed by atoms with E-state index in [4.69, 9.17) is 22.0 Å². The van der Waals surface area contributed by atoms with Crippen LogP contribution in [0.3, 0.4) is 0 Å². The number of rotatable bonds is 2.